The first-order chi connectivity index (χ1) is 6.70. The number of H-pyrrole nitrogens is 1. The van der Waals surface area contributed by atoms with Crippen molar-refractivity contribution in [1.82, 2.24) is 9.78 Å². The summed E-state index contributed by atoms with van der Waals surface area (Å²) in [5, 5.41) is 5.54. The Morgan fingerprint density at radius 3 is 2.64 bits per heavy atom. The Balaban J connectivity index is 2.78. The summed E-state index contributed by atoms with van der Waals surface area (Å²) in [6, 6.07) is 0. The number of nitrogens with one attached hydrogen (secondary N) is 1. The van der Waals surface area contributed by atoms with Gasteiger partial charge in [0.2, 0.25) is 0 Å². The Labute approximate surface area is 82.1 Å². The molecule has 0 amide bonds. The number of aromatic nitrogens is 2. The fraction of sp³-hybridized carbons (Fsp3) is 0.667. The summed E-state index contributed by atoms with van der Waals surface area (Å²) in [5.74, 6) is 0. The van der Waals surface area contributed by atoms with E-state index in [1.807, 2.05) is 0 Å². The molecule has 0 aliphatic carbocycles. The summed E-state index contributed by atoms with van der Waals surface area (Å²) in [6.45, 7) is 4.40. The Bertz CT molecular complexity index is 365. The molecule has 1 heterocycles. The lowest BCUT2D eigenvalue weighted by Crippen LogP contribution is -2.16. The Morgan fingerprint density at radius 1 is 1.43 bits per heavy atom. The van der Waals surface area contributed by atoms with E-state index in [4.69, 9.17) is 0 Å². The van der Waals surface area contributed by atoms with Crippen molar-refractivity contribution in [3.05, 3.63) is 21.0 Å². The van der Waals surface area contributed by atoms with Crippen LogP contribution in [0.3, 0.4) is 0 Å². The van der Waals surface area contributed by atoms with Gasteiger partial charge in [0.05, 0.1) is 5.69 Å². The van der Waals surface area contributed by atoms with Crippen LogP contribution in [-0.4, -0.2) is 9.78 Å². The molecule has 0 atom stereocenters. The fourth-order valence-corrected chi connectivity index (χ4v) is 1.38. The van der Waals surface area contributed by atoms with E-state index < -0.39 is 0 Å². The second kappa shape index (κ2) is 4.74. The highest BCUT2D eigenvalue weighted by atomic mass is 16.3. The van der Waals surface area contributed by atoms with Crippen LogP contribution in [-0.2, 0) is 6.54 Å². The van der Waals surface area contributed by atoms with Crippen molar-refractivity contribution in [3.63, 3.8) is 0 Å². The number of hydrogen-bond acceptors (Lipinski definition) is 3. The minimum atomic E-state index is -0.311. The molecule has 0 unspecified atom stereocenters. The molecule has 78 valence electrons. The largest absolute Gasteiger partial charge is 0.298 e. The third kappa shape index (κ3) is 2.10. The smallest absolute Gasteiger partial charge is 0.296 e. The van der Waals surface area contributed by atoms with E-state index in [-0.39, 0.29) is 11.2 Å². The molecule has 5 nitrogen and oxygen atoms in total. The molecule has 0 aromatic carbocycles. The first-order valence-corrected chi connectivity index (χ1v) is 4.83. The summed E-state index contributed by atoms with van der Waals surface area (Å²) >= 11 is 0. The molecule has 0 aliphatic heterocycles. The number of unbranched alkanes of at least 4 members (excludes halogenated alkanes) is 2. The molecule has 0 saturated heterocycles. The van der Waals surface area contributed by atoms with Gasteiger partial charge < -0.3 is 0 Å². The lowest BCUT2D eigenvalue weighted by atomic mass is 10.2. The predicted molar refractivity (Wildman–Crippen MR) is 54.8 cm³/mol. The van der Waals surface area contributed by atoms with Crippen molar-refractivity contribution in [3.8, 4) is 0 Å². The zero-order valence-electron chi connectivity index (χ0n) is 8.54. The molecule has 0 aliphatic rings. The van der Waals surface area contributed by atoms with Gasteiger partial charge in [-0.3, -0.25) is 14.6 Å². The lowest BCUT2D eigenvalue weighted by molar-refractivity contribution is 0.538. The van der Waals surface area contributed by atoms with Gasteiger partial charge in [0.25, 0.3) is 5.56 Å². The van der Waals surface area contributed by atoms with E-state index in [0.717, 1.165) is 19.3 Å². The highest BCUT2D eigenvalue weighted by Crippen LogP contribution is 2.09. The lowest BCUT2D eigenvalue weighted by Gasteiger charge is -1.99. The summed E-state index contributed by atoms with van der Waals surface area (Å²) in [4.78, 5) is 21.8. The van der Waals surface area contributed by atoms with Gasteiger partial charge in [-0.25, -0.2) is 0 Å². The second-order valence-electron chi connectivity index (χ2n) is 3.34. The Hall–Kier alpha value is -1.39. The van der Waals surface area contributed by atoms with Crippen LogP contribution in [0.15, 0.2) is 9.97 Å². The summed E-state index contributed by atoms with van der Waals surface area (Å²) in [5.41, 5.74) is 0.233. The third-order valence-electron chi connectivity index (χ3n) is 2.18. The summed E-state index contributed by atoms with van der Waals surface area (Å²) in [7, 11) is 0. The van der Waals surface area contributed by atoms with Crippen molar-refractivity contribution in [2.24, 2.45) is 5.18 Å². The number of nitroso groups, excluding NO2 is 1. The number of aryl methyl sites for hydroxylation is 2. The number of nitrogens with zero attached hydrogens (tertiary/aromatic N) is 2. The SMILES string of the molecule is CCCCCn1[nH]c(C)c(N=O)c1=O. The molecular weight excluding hydrogens is 182 g/mol. The zero-order chi connectivity index (χ0) is 10.6. The van der Waals surface area contributed by atoms with Crippen LogP contribution in [0.5, 0.6) is 0 Å². The molecule has 14 heavy (non-hydrogen) atoms. The van der Waals surface area contributed by atoms with Crippen molar-refractivity contribution in [2.75, 3.05) is 0 Å². The van der Waals surface area contributed by atoms with Gasteiger partial charge in [0.1, 0.15) is 0 Å². The minimum absolute atomic E-state index is 0.00139. The molecule has 5 heteroatoms. The first kappa shape index (κ1) is 10.7. The standard InChI is InChI=1S/C9H15N3O2/c1-3-4-5-6-12-9(13)8(11-14)7(2)10-12/h10H,3-6H2,1-2H3. The molecular formula is C9H15N3O2. The molecule has 0 saturated carbocycles. The maximum Gasteiger partial charge on any atom is 0.296 e. The van der Waals surface area contributed by atoms with Crippen LogP contribution in [0, 0.1) is 11.8 Å². The molecule has 0 radical (unpaired) electrons. The van der Waals surface area contributed by atoms with Gasteiger partial charge in [-0.1, -0.05) is 19.8 Å². The van der Waals surface area contributed by atoms with Gasteiger partial charge >= 0.3 is 0 Å². The average molecular weight is 197 g/mol. The van der Waals surface area contributed by atoms with Crippen molar-refractivity contribution in [1.29, 1.82) is 0 Å². The molecule has 1 N–H and O–H groups in total. The molecule has 0 bridgehead atoms. The Morgan fingerprint density at radius 2 is 2.14 bits per heavy atom. The van der Waals surface area contributed by atoms with E-state index in [1.165, 1.54) is 4.68 Å². The Kier molecular flexibility index (Phi) is 3.62. The average Bonchev–Trinajstić information content (AvgIpc) is 2.42. The van der Waals surface area contributed by atoms with Crippen LogP contribution < -0.4 is 5.56 Å². The van der Waals surface area contributed by atoms with Crippen molar-refractivity contribution < 1.29 is 0 Å². The predicted octanol–water partition coefficient (Wildman–Crippen LogP) is 2.07. The van der Waals surface area contributed by atoms with Gasteiger partial charge in [-0.05, 0) is 18.5 Å². The highest BCUT2D eigenvalue weighted by molar-refractivity contribution is 5.38. The van der Waals surface area contributed by atoms with Gasteiger partial charge in [0.15, 0.2) is 5.69 Å². The molecule has 0 fully saturated rings. The molecule has 1 rings (SSSR count). The van der Waals surface area contributed by atoms with E-state index >= 15 is 0 Å². The third-order valence-corrected chi connectivity index (χ3v) is 2.18. The van der Waals surface area contributed by atoms with Crippen LogP contribution in [0.1, 0.15) is 31.9 Å². The second-order valence-corrected chi connectivity index (χ2v) is 3.34. The van der Waals surface area contributed by atoms with E-state index in [0.29, 0.717) is 12.2 Å². The zero-order valence-corrected chi connectivity index (χ0v) is 8.54. The topological polar surface area (TPSA) is 67.2 Å². The highest BCUT2D eigenvalue weighted by Gasteiger charge is 2.10. The van der Waals surface area contributed by atoms with E-state index in [1.54, 1.807) is 6.92 Å². The van der Waals surface area contributed by atoms with Gasteiger partial charge in [-0.2, -0.15) is 0 Å². The van der Waals surface area contributed by atoms with Crippen LogP contribution >= 0.6 is 0 Å². The first-order valence-electron chi connectivity index (χ1n) is 4.83. The van der Waals surface area contributed by atoms with Crippen LogP contribution in [0.2, 0.25) is 0 Å². The van der Waals surface area contributed by atoms with E-state index in [9.17, 15) is 9.70 Å². The number of aromatic amines is 1. The normalized spacial score (nSPS) is 10.4. The van der Waals surface area contributed by atoms with Crippen molar-refractivity contribution >= 4 is 5.69 Å². The van der Waals surface area contributed by atoms with Gasteiger partial charge in [-0.15, -0.1) is 4.91 Å². The molecule has 0 spiro atoms. The maximum absolute atomic E-state index is 11.5. The monoisotopic (exact) mass is 197 g/mol. The number of rotatable bonds is 5. The number of hydrogen-bond donors (Lipinski definition) is 1. The molecule has 1 aromatic rings. The van der Waals surface area contributed by atoms with Crippen molar-refractivity contribution in [2.45, 2.75) is 39.7 Å². The van der Waals surface area contributed by atoms with Gasteiger partial charge in [0, 0.05) is 6.54 Å². The quantitative estimate of drug-likeness (QED) is 0.580. The van der Waals surface area contributed by atoms with Crippen LogP contribution in [0.4, 0.5) is 5.69 Å². The van der Waals surface area contributed by atoms with E-state index in [2.05, 4.69) is 17.2 Å². The van der Waals surface area contributed by atoms with Crippen LogP contribution in [0.25, 0.3) is 0 Å². The maximum atomic E-state index is 11.5. The molecule has 1 aromatic heterocycles. The summed E-state index contributed by atoms with van der Waals surface area (Å²) in [6.07, 6.45) is 3.12. The minimum Gasteiger partial charge on any atom is -0.298 e. The fourth-order valence-electron chi connectivity index (χ4n) is 1.38. The summed E-state index contributed by atoms with van der Waals surface area (Å²) < 4.78 is 1.45.